The van der Waals surface area contributed by atoms with Gasteiger partial charge in [0.15, 0.2) is 11.5 Å². The van der Waals surface area contributed by atoms with Crippen molar-refractivity contribution in [2.45, 2.75) is 12.8 Å². The Bertz CT molecular complexity index is 576. The maximum atomic E-state index is 11.1. The Morgan fingerprint density at radius 2 is 1.70 bits per heavy atom. The van der Waals surface area contributed by atoms with Gasteiger partial charge in [-0.15, -0.1) is 6.42 Å². The van der Waals surface area contributed by atoms with Gasteiger partial charge in [0.05, 0.1) is 33.0 Å². The third-order valence-electron chi connectivity index (χ3n) is 2.84. The first kappa shape index (κ1) is 18.2. The molecule has 7 nitrogen and oxygen atoms in total. The van der Waals surface area contributed by atoms with Crippen molar-refractivity contribution in [2.24, 2.45) is 0 Å². The molecule has 0 aliphatic rings. The fourth-order valence-corrected chi connectivity index (χ4v) is 1.73. The normalized spacial score (nSPS) is 9.61. The fraction of sp³-hybridized carbons (Fsp3) is 0.375. The molecule has 0 spiro atoms. The van der Waals surface area contributed by atoms with Crippen LogP contribution in [-0.2, 0) is 9.53 Å². The Kier molecular flexibility index (Phi) is 7.27. The van der Waals surface area contributed by atoms with Crippen molar-refractivity contribution < 1.29 is 33.6 Å². The standard InChI is InChI=1S/C16H18O7/c1-4-14(17)22-7-5-6-8-23-15-12(20-2)9-11(16(18)19)10-13(15)21-3/h1,9-10H,5-8H2,2-3H3,(H,18,19). The Morgan fingerprint density at radius 3 is 2.17 bits per heavy atom. The van der Waals surface area contributed by atoms with Gasteiger partial charge < -0.3 is 24.1 Å². The summed E-state index contributed by atoms with van der Waals surface area (Å²) in [7, 11) is 2.82. The van der Waals surface area contributed by atoms with E-state index in [1.165, 1.54) is 26.4 Å². The van der Waals surface area contributed by atoms with Crippen LogP contribution in [-0.4, -0.2) is 44.5 Å². The van der Waals surface area contributed by atoms with Crippen molar-refractivity contribution in [2.75, 3.05) is 27.4 Å². The van der Waals surface area contributed by atoms with Gasteiger partial charge in [-0.3, -0.25) is 0 Å². The Balaban J connectivity index is 2.64. The highest BCUT2D eigenvalue weighted by Gasteiger charge is 2.17. The van der Waals surface area contributed by atoms with Crippen LogP contribution in [0.1, 0.15) is 23.2 Å². The van der Waals surface area contributed by atoms with Gasteiger partial charge in [-0.05, 0) is 25.0 Å². The van der Waals surface area contributed by atoms with Gasteiger partial charge in [0.2, 0.25) is 5.75 Å². The van der Waals surface area contributed by atoms with E-state index in [-0.39, 0.29) is 23.7 Å². The fourth-order valence-electron chi connectivity index (χ4n) is 1.73. The summed E-state index contributed by atoms with van der Waals surface area (Å²) in [6.07, 6.45) is 6.04. The van der Waals surface area contributed by atoms with Crippen LogP contribution >= 0.6 is 0 Å². The first-order valence-corrected chi connectivity index (χ1v) is 6.79. The lowest BCUT2D eigenvalue weighted by molar-refractivity contribution is -0.136. The summed E-state index contributed by atoms with van der Waals surface area (Å²) < 4.78 is 20.6. The van der Waals surface area contributed by atoms with Crippen LogP contribution in [0, 0.1) is 12.3 Å². The first-order valence-electron chi connectivity index (χ1n) is 6.79. The zero-order chi connectivity index (χ0) is 17.2. The highest BCUT2D eigenvalue weighted by atomic mass is 16.5. The van der Waals surface area contributed by atoms with Crippen molar-refractivity contribution >= 4 is 11.9 Å². The van der Waals surface area contributed by atoms with Crippen molar-refractivity contribution in [1.29, 1.82) is 0 Å². The number of ether oxygens (including phenoxy) is 4. The number of carboxylic acids is 1. The number of benzene rings is 1. The second-order valence-corrected chi connectivity index (χ2v) is 4.35. The van der Waals surface area contributed by atoms with Crippen molar-refractivity contribution in [3.8, 4) is 29.6 Å². The predicted octanol–water partition coefficient (Wildman–Crippen LogP) is 1.74. The Morgan fingerprint density at radius 1 is 1.13 bits per heavy atom. The summed E-state index contributed by atoms with van der Waals surface area (Å²) >= 11 is 0. The van der Waals surface area contributed by atoms with Crippen LogP contribution in [0.5, 0.6) is 17.2 Å². The average Bonchev–Trinajstić information content (AvgIpc) is 2.56. The molecule has 0 aliphatic heterocycles. The molecular formula is C16H18O7. The van der Waals surface area contributed by atoms with Crippen LogP contribution in [0.3, 0.4) is 0 Å². The molecular weight excluding hydrogens is 304 g/mol. The number of hydrogen-bond donors (Lipinski definition) is 1. The molecule has 1 aromatic rings. The maximum absolute atomic E-state index is 11.1. The van der Waals surface area contributed by atoms with Gasteiger partial charge in [-0.2, -0.15) is 0 Å². The highest BCUT2D eigenvalue weighted by Crippen LogP contribution is 2.38. The van der Waals surface area contributed by atoms with E-state index < -0.39 is 11.9 Å². The average molecular weight is 322 g/mol. The van der Waals surface area contributed by atoms with Crippen molar-refractivity contribution in [3.63, 3.8) is 0 Å². The molecule has 0 heterocycles. The quantitative estimate of drug-likeness (QED) is 0.320. The molecule has 7 heteroatoms. The van der Waals surface area contributed by atoms with E-state index in [9.17, 15) is 9.59 Å². The molecule has 0 saturated heterocycles. The molecule has 0 amide bonds. The van der Waals surface area contributed by atoms with E-state index in [0.717, 1.165) is 0 Å². The van der Waals surface area contributed by atoms with E-state index in [1.807, 2.05) is 5.92 Å². The van der Waals surface area contributed by atoms with Crippen molar-refractivity contribution in [3.05, 3.63) is 17.7 Å². The Hall–Kier alpha value is -2.88. The summed E-state index contributed by atoms with van der Waals surface area (Å²) in [5.74, 6) is 0.912. The van der Waals surface area contributed by atoms with Gasteiger partial charge in [-0.1, -0.05) is 0 Å². The number of carbonyl (C=O) groups excluding carboxylic acids is 1. The number of aromatic carboxylic acids is 1. The molecule has 0 atom stereocenters. The third-order valence-corrected chi connectivity index (χ3v) is 2.84. The summed E-state index contributed by atoms with van der Waals surface area (Å²) in [5.41, 5.74) is 0.0345. The molecule has 124 valence electrons. The van der Waals surface area contributed by atoms with Gasteiger partial charge in [0.25, 0.3) is 0 Å². The lowest BCUT2D eigenvalue weighted by atomic mass is 10.2. The SMILES string of the molecule is C#CC(=O)OCCCCOc1c(OC)cc(C(=O)O)cc1OC. The first-order chi connectivity index (χ1) is 11.0. The second-order valence-electron chi connectivity index (χ2n) is 4.35. The summed E-state index contributed by atoms with van der Waals surface area (Å²) in [6, 6.07) is 2.71. The van der Waals surface area contributed by atoms with Crippen molar-refractivity contribution in [1.82, 2.24) is 0 Å². The molecule has 1 rings (SSSR count). The number of hydrogen-bond acceptors (Lipinski definition) is 6. The molecule has 1 N–H and O–H groups in total. The van der Waals surface area contributed by atoms with Crippen LogP contribution in [0.4, 0.5) is 0 Å². The number of methoxy groups -OCH3 is 2. The van der Waals surface area contributed by atoms with Crippen LogP contribution in [0.2, 0.25) is 0 Å². The minimum atomic E-state index is -1.09. The number of rotatable bonds is 9. The summed E-state index contributed by atoms with van der Waals surface area (Å²) in [5, 5.41) is 9.05. The smallest absolute Gasteiger partial charge is 0.384 e. The van der Waals surface area contributed by atoms with E-state index in [0.29, 0.717) is 25.2 Å². The largest absolute Gasteiger partial charge is 0.493 e. The minimum Gasteiger partial charge on any atom is -0.493 e. The number of unbranched alkanes of at least 4 members (excludes halogenated alkanes) is 1. The van der Waals surface area contributed by atoms with E-state index in [2.05, 4.69) is 0 Å². The molecule has 0 fully saturated rings. The molecule has 23 heavy (non-hydrogen) atoms. The van der Waals surface area contributed by atoms with Crippen LogP contribution in [0.15, 0.2) is 12.1 Å². The monoisotopic (exact) mass is 322 g/mol. The maximum Gasteiger partial charge on any atom is 0.384 e. The number of esters is 1. The van der Waals surface area contributed by atoms with E-state index >= 15 is 0 Å². The summed E-state index contributed by atoms with van der Waals surface area (Å²) in [4.78, 5) is 21.8. The molecule has 0 unspecified atom stereocenters. The minimum absolute atomic E-state index is 0.0345. The molecule has 0 aromatic heterocycles. The number of carbonyl (C=O) groups is 2. The zero-order valence-corrected chi connectivity index (χ0v) is 13.0. The van der Waals surface area contributed by atoms with Gasteiger partial charge in [0.1, 0.15) is 0 Å². The molecule has 0 radical (unpaired) electrons. The summed E-state index contributed by atoms with van der Waals surface area (Å²) in [6.45, 7) is 0.519. The van der Waals surface area contributed by atoms with Gasteiger partial charge in [0, 0.05) is 5.92 Å². The number of terminal acetylenes is 1. The molecule has 0 saturated carbocycles. The lowest BCUT2D eigenvalue weighted by Gasteiger charge is -2.15. The second kappa shape index (κ2) is 9.20. The zero-order valence-electron chi connectivity index (χ0n) is 13.0. The predicted molar refractivity (Wildman–Crippen MR) is 81.0 cm³/mol. The van der Waals surface area contributed by atoms with Gasteiger partial charge in [-0.25, -0.2) is 9.59 Å². The molecule has 0 bridgehead atoms. The Labute approximate surface area is 134 Å². The third kappa shape index (κ3) is 5.43. The van der Waals surface area contributed by atoms with E-state index in [1.54, 1.807) is 0 Å². The lowest BCUT2D eigenvalue weighted by Crippen LogP contribution is -2.07. The topological polar surface area (TPSA) is 91.3 Å². The highest BCUT2D eigenvalue weighted by molar-refractivity contribution is 5.89. The molecule has 1 aromatic carbocycles. The van der Waals surface area contributed by atoms with Gasteiger partial charge >= 0.3 is 11.9 Å². The van der Waals surface area contributed by atoms with E-state index in [4.69, 9.17) is 30.5 Å². The number of carboxylic acid groups (broad SMARTS) is 1. The molecule has 0 aliphatic carbocycles. The van der Waals surface area contributed by atoms with Crippen LogP contribution in [0.25, 0.3) is 0 Å². The van der Waals surface area contributed by atoms with Crippen LogP contribution < -0.4 is 14.2 Å².